The molecule has 2 N–H and O–H groups in total. The van der Waals surface area contributed by atoms with Crippen LogP contribution in [0.1, 0.15) is 5.56 Å². The van der Waals surface area contributed by atoms with Gasteiger partial charge >= 0.3 is 0 Å². The van der Waals surface area contributed by atoms with Gasteiger partial charge in [-0.15, -0.1) is 0 Å². The normalized spacial score (nSPS) is 10.5. The summed E-state index contributed by atoms with van der Waals surface area (Å²) in [6.45, 7) is 0.920. The van der Waals surface area contributed by atoms with Crippen LogP contribution in [-0.2, 0) is 11.2 Å². The van der Waals surface area contributed by atoms with E-state index in [9.17, 15) is 4.79 Å². The molecule has 0 heterocycles. The van der Waals surface area contributed by atoms with Gasteiger partial charge in [0.2, 0.25) is 5.91 Å². The van der Waals surface area contributed by atoms with Gasteiger partial charge in [0.25, 0.3) is 0 Å². The van der Waals surface area contributed by atoms with Gasteiger partial charge < -0.3 is 10.6 Å². The molecule has 116 valence electrons. The highest BCUT2D eigenvalue weighted by Crippen LogP contribution is 2.22. The molecule has 0 atom stereocenters. The van der Waals surface area contributed by atoms with Gasteiger partial charge in [0.1, 0.15) is 0 Å². The standard InChI is InChI=1S/C16H15Cl3N2O/c17-12-3-1-11(2-4-12)5-6-20-10-16(22)21-15-8-13(18)7-14(19)9-15/h1-4,7-9,20H,5-6,10H2,(H,21,22). The zero-order valence-electron chi connectivity index (χ0n) is 11.7. The maximum absolute atomic E-state index is 11.8. The molecule has 0 aromatic heterocycles. The van der Waals surface area contributed by atoms with Crippen molar-refractivity contribution in [3.63, 3.8) is 0 Å². The summed E-state index contributed by atoms with van der Waals surface area (Å²) in [4.78, 5) is 11.8. The van der Waals surface area contributed by atoms with E-state index in [4.69, 9.17) is 34.8 Å². The number of anilines is 1. The summed E-state index contributed by atoms with van der Waals surface area (Å²) in [5.41, 5.74) is 1.75. The van der Waals surface area contributed by atoms with Crippen LogP contribution in [0.4, 0.5) is 5.69 Å². The molecule has 0 aliphatic carbocycles. The van der Waals surface area contributed by atoms with E-state index < -0.39 is 0 Å². The predicted molar refractivity (Wildman–Crippen MR) is 93.1 cm³/mol. The molecule has 0 aliphatic rings. The van der Waals surface area contributed by atoms with Gasteiger partial charge in [0, 0.05) is 20.8 Å². The summed E-state index contributed by atoms with van der Waals surface area (Å²) in [5.74, 6) is -0.144. The van der Waals surface area contributed by atoms with Crippen LogP contribution >= 0.6 is 34.8 Å². The molecule has 0 unspecified atom stereocenters. The second-order valence-electron chi connectivity index (χ2n) is 4.76. The Morgan fingerprint density at radius 3 is 2.18 bits per heavy atom. The molecule has 0 saturated carbocycles. The lowest BCUT2D eigenvalue weighted by Crippen LogP contribution is -2.29. The first-order chi connectivity index (χ1) is 10.5. The van der Waals surface area contributed by atoms with Crippen molar-refractivity contribution in [1.29, 1.82) is 0 Å². The molecule has 0 bridgehead atoms. The summed E-state index contributed by atoms with van der Waals surface area (Å²) < 4.78 is 0. The van der Waals surface area contributed by atoms with Gasteiger partial charge in [-0.2, -0.15) is 0 Å². The summed E-state index contributed by atoms with van der Waals surface area (Å²) >= 11 is 17.6. The molecule has 22 heavy (non-hydrogen) atoms. The van der Waals surface area contributed by atoms with Crippen LogP contribution in [-0.4, -0.2) is 19.0 Å². The molecule has 2 aromatic carbocycles. The van der Waals surface area contributed by atoms with E-state index in [0.29, 0.717) is 22.3 Å². The number of benzene rings is 2. The molecule has 2 rings (SSSR count). The average molecular weight is 358 g/mol. The fourth-order valence-electron chi connectivity index (χ4n) is 1.92. The van der Waals surface area contributed by atoms with Crippen molar-refractivity contribution < 1.29 is 4.79 Å². The number of halogens is 3. The third-order valence-corrected chi connectivity index (χ3v) is 3.62. The van der Waals surface area contributed by atoms with Crippen LogP contribution in [0.2, 0.25) is 15.1 Å². The molecule has 0 aliphatic heterocycles. The van der Waals surface area contributed by atoms with Crippen LogP contribution in [0.15, 0.2) is 42.5 Å². The quantitative estimate of drug-likeness (QED) is 0.752. The number of carbonyl (C=O) groups excluding carboxylic acids is 1. The lowest BCUT2D eigenvalue weighted by atomic mass is 10.1. The Bertz CT molecular complexity index is 624. The van der Waals surface area contributed by atoms with Gasteiger partial charge in [-0.25, -0.2) is 0 Å². The number of amides is 1. The van der Waals surface area contributed by atoms with E-state index in [1.807, 2.05) is 24.3 Å². The smallest absolute Gasteiger partial charge is 0.238 e. The van der Waals surface area contributed by atoms with E-state index in [2.05, 4.69) is 10.6 Å². The number of carbonyl (C=O) groups is 1. The Labute approximate surface area is 144 Å². The van der Waals surface area contributed by atoms with Crippen molar-refractivity contribution in [1.82, 2.24) is 5.32 Å². The monoisotopic (exact) mass is 356 g/mol. The van der Waals surface area contributed by atoms with Crippen molar-refractivity contribution >= 4 is 46.4 Å². The minimum atomic E-state index is -0.144. The summed E-state index contributed by atoms with van der Waals surface area (Å²) in [7, 11) is 0. The minimum Gasteiger partial charge on any atom is -0.325 e. The molecule has 1 amide bonds. The van der Waals surface area contributed by atoms with E-state index in [1.54, 1.807) is 18.2 Å². The van der Waals surface area contributed by atoms with Crippen molar-refractivity contribution in [3.8, 4) is 0 Å². The van der Waals surface area contributed by atoms with E-state index in [-0.39, 0.29) is 12.5 Å². The topological polar surface area (TPSA) is 41.1 Å². The fraction of sp³-hybridized carbons (Fsp3) is 0.188. The molecule has 2 aromatic rings. The maximum Gasteiger partial charge on any atom is 0.238 e. The number of hydrogen-bond donors (Lipinski definition) is 2. The third kappa shape index (κ3) is 5.85. The molecule has 3 nitrogen and oxygen atoms in total. The van der Waals surface area contributed by atoms with Gasteiger partial charge in [-0.1, -0.05) is 46.9 Å². The highest BCUT2D eigenvalue weighted by molar-refractivity contribution is 6.35. The van der Waals surface area contributed by atoms with Gasteiger partial charge in [0.15, 0.2) is 0 Å². The first-order valence-electron chi connectivity index (χ1n) is 6.74. The van der Waals surface area contributed by atoms with Crippen molar-refractivity contribution in [2.24, 2.45) is 0 Å². The lowest BCUT2D eigenvalue weighted by molar-refractivity contribution is -0.115. The van der Waals surface area contributed by atoms with Crippen molar-refractivity contribution in [2.45, 2.75) is 6.42 Å². The second-order valence-corrected chi connectivity index (χ2v) is 6.07. The lowest BCUT2D eigenvalue weighted by Gasteiger charge is -2.08. The maximum atomic E-state index is 11.8. The Hall–Kier alpha value is -1.26. The first kappa shape index (κ1) is 17.1. The van der Waals surface area contributed by atoms with Crippen molar-refractivity contribution in [2.75, 3.05) is 18.4 Å². The van der Waals surface area contributed by atoms with E-state index in [1.165, 1.54) is 5.56 Å². The number of nitrogens with one attached hydrogen (secondary N) is 2. The largest absolute Gasteiger partial charge is 0.325 e. The molecular weight excluding hydrogens is 343 g/mol. The predicted octanol–water partition coefficient (Wildman–Crippen LogP) is 4.42. The minimum absolute atomic E-state index is 0.144. The number of rotatable bonds is 6. The SMILES string of the molecule is O=C(CNCCc1ccc(Cl)cc1)Nc1cc(Cl)cc(Cl)c1. The Morgan fingerprint density at radius 2 is 1.55 bits per heavy atom. The summed E-state index contributed by atoms with van der Waals surface area (Å²) in [6, 6.07) is 12.6. The van der Waals surface area contributed by atoms with E-state index >= 15 is 0 Å². The Balaban J connectivity index is 1.72. The molecule has 0 saturated heterocycles. The van der Waals surface area contributed by atoms with Crippen LogP contribution in [0.3, 0.4) is 0 Å². The molecule has 0 spiro atoms. The molecular formula is C16H15Cl3N2O. The van der Waals surface area contributed by atoms with Crippen LogP contribution in [0.25, 0.3) is 0 Å². The third-order valence-electron chi connectivity index (χ3n) is 2.94. The highest BCUT2D eigenvalue weighted by Gasteiger charge is 2.04. The highest BCUT2D eigenvalue weighted by atomic mass is 35.5. The summed E-state index contributed by atoms with van der Waals surface area (Å²) in [5, 5.41) is 7.52. The summed E-state index contributed by atoms with van der Waals surface area (Å²) in [6.07, 6.45) is 0.827. The van der Waals surface area contributed by atoms with Crippen LogP contribution < -0.4 is 10.6 Å². The number of hydrogen-bond acceptors (Lipinski definition) is 2. The molecule has 6 heteroatoms. The van der Waals surface area contributed by atoms with Crippen LogP contribution in [0.5, 0.6) is 0 Å². The Kier molecular flexibility index (Phi) is 6.52. The average Bonchev–Trinajstić information content (AvgIpc) is 2.44. The fourth-order valence-corrected chi connectivity index (χ4v) is 2.57. The van der Waals surface area contributed by atoms with E-state index in [0.717, 1.165) is 11.4 Å². The van der Waals surface area contributed by atoms with Gasteiger partial charge in [0.05, 0.1) is 6.54 Å². The van der Waals surface area contributed by atoms with Gasteiger partial charge in [-0.3, -0.25) is 4.79 Å². The first-order valence-corrected chi connectivity index (χ1v) is 7.87. The zero-order chi connectivity index (χ0) is 15.9. The zero-order valence-corrected chi connectivity index (χ0v) is 14.0. The van der Waals surface area contributed by atoms with Gasteiger partial charge in [-0.05, 0) is 48.9 Å². The molecule has 0 fully saturated rings. The van der Waals surface area contributed by atoms with Crippen LogP contribution in [0, 0.1) is 0 Å². The van der Waals surface area contributed by atoms with Crippen molar-refractivity contribution in [3.05, 3.63) is 63.1 Å². The molecule has 0 radical (unpaired) electrons. The second kappa shape index (κ2) is 8.39. The Morgan fingerprint density at radius 1 is 0.909 bits per heavy atom.